The van der Waals surface area contributed by atoms with E-state index in [1.54, 1.807) is 18.0 Å². The van der Waals surface area contributed by atoms with E-state index in [-0.39, 0.29) is 16.6 Å². The lowest BCUT2D eigenvalue weighted by Gasteiger charge is -2.25. The van der Waals surface area contributed by atoms with E-state index in [4.69, 9.17) is 5.73 Å². The maximum absolute atomic E-state index is 12.9. The van der Waals surface area contributed by atoms with Crippen LogP contribution in [-0.2, 0) is 6.18 Å². The number of rotatable bonds is 3. The number of hydrogen-bond acceptors (Lipinski definition) is 2. The Kier molecular flexibility index (Phi) is 4.21. The van der Waals surface area contributed by atoms with Crippen LogP contribution in [0.1, 0.15) is 25.0 Å². The van der Waals surface area contributed by atoms with Crippen LogP contribution in [0.15, 0.2) is 18.2 Å². The first-order valence-corrected chi connectivity index (χ1v) is 5.79. The van der Waals surface area contributed by atoms with Crippen LogP contribution < -0.4 is 10.6 Å². The minimum Gasteiger partial charge on any atom is -0.389 e. The van der Waals surface area contributed by atoms with Crippen molar-refractivity contribution in [1.82, 2.24) is 0 Å². The third kappa shape index (κ3) is 3.13. The normalized spacial score (nSPS) is 11.7. The van der Waals surface area contributed by atoms with Gasteiger partial charge in [-0.25, -0.2) is 0 Å². The molecule has 0 saturated carbocycles. The van der Waals surface area contributed by atoms with Gasteiger partial charge in [-0.2, -0.15) is 13.2 Å². The average Bonchev–Trinajstić information content (AvgIpc) is 2.25. The first-order chi connectivity index (χ1) is 8.14. The van der Waals surface area contributed by atoms with E-state index in [1.165, 1.54) is 6.07 Å². The average molecular weight is 276 g/mol. The minimum atomic E-state index is -4.47. The van der Waals surface area contributed by atoms with Gasteiger partial charge in [0.05, 0.1) is 5.56 Å². The molecular formula is C12H15F3N2S. The maximum Gasteiger partial charge on any atom is 0.417 e. The summed E-state index contributed by atoms with van der Waals surface area (Å²) in [5.41, 5.74) is 4.87. The first-order valence-electron chi connectivity index (χ1n) is 5.38. The predicted octanol–water partition coefficient (Wildman–Crippen LogP) is 3.18. The standard InChI is InChI=1S/C12H15F3N2S/c1-7(2)17(3)8-4-5-9(11(16)18)10(6-8)12(13,14)15/h4-7H,1-3H3,(H2,16,18). The smallest absolute Gasteiger partial charge is 0.389 e. The highest BCUT2D eigenvalue weighted by Crippen LogP contribution is 2.34. The van der Waals surface area contributed by atoms with E-state index in [2.05, 4.69) is 12.2 Å². The highest BCUT2D eigenvalue weighted by atomic mass is 32.1. The van der Waals surface area contributed by atoms with Crippen molar-refractivity contribution < 1.29 is 13.2 Å². The van der Waals surface area contributed by atoms with Crippen molar-refractivity contribution in [2.75, 3.05) is 11.9 Å². The first kappa shape index (κ1) is 14.8. The number of thiocarbonyl (C=S) groups is 1. The fraction of sp³-hybridized carbons (Fsp3) is 0.417. The van der Waals surface area contributed by atoms with Gasteiger partial charge in [-0.05, 0) is 32.0 Å². The largest absolute Gasteiger partial charge is 0.417 e. The molecule has 0 atom stereocenters. The molecule has 0 aliphatic rings. The summed E-state index contributed by atoms with van der Waals surface area (Å²) in [5, 5.41) is 0. The molecule has 18 heavy (non-hydrogen) atoms. The molecule has 0 bridgehead atoms. The Hall–Kier alpha value is -1.30. The van der Waals surface area contributed by atoms with Crippen molar-refractivity contribution >= 4 is 22.9 Å². The zero-order valence-electron chi connectivity index (χ0n) is 10.4. The molecule has 1 aromatic rings. The summed E-state index contributed by atoms with van der Waals surface area (Å²) in [6, 6.07) is 4.08. The summed E-state index contributed by atoms with van der Waals surface area (Å²) >= 11 is 4.64. The Morgan fingerprint density at radius 2 is 1.89 bits per heavy atom. The fourth-order valence-corrected chi connectivity index (χ4v) is 1.68. The Morgan fingerprint density at radius 1 is 1.33 bits per heavy atom. The van der Waals surface area contributed by atoms with Gasteiger partial charge in [0.25, 0.3) is 0 Å². The molecule has 0 radical (unpaired) electrons. The zero-order valence-corrected chi connectivity index (χ0v) is 11.2. The monoisotopic (exact) mass is 276 g/mol. The summed E-state index contributed by atoms with van der Waals surface area (Å²) < 4.78 is 38.8. The second-order valence-electron chi connectivity index (χ2n) is 4.30. The fourth-order valence-electron chi connectivity index (χ4n) is 1.50. The molecule has 100 valence electrons. The summed E-state index contributed by atoms with van der Waals surface area (Å²) in [6.45, 7) is 3.80. The van der Waals surface area contributed by atoms with Crippen molar-refractivity contribution in [3.05, 3.63) is 29.3 Å². The van der Waals surface area contributed by atoms with E-state index < -0.39 is 11.7 Å². The van der Waals surface area contributed by atoms with E-state index in [0.717, 1.165) is 6.07 Å². The molecule has 0 amide bonds. The maximum atomic E-state index is 12.9. The topological polar surface area (TPSA) is 29.3 Å². The number of hydrogen-bond donors (Lipinski definition) is 1. The highest BCUT2D eigenvalue weighted by molar-refractivity contribution is 7.80. The Balaban J connectivity index is 3.35. The molecule has 2 nitrogen and oxygen atoms in total. The van der Waals surface area contributed by atoms with Crippen LogP contribution in [0.5, 0.6) is 0 Å². The van der Waals surface area contributed by atoms with E-state index >= 15 is 0 Å². The number of nitrogens with two attached hydrogens (primary N) is 1. The lowest BCUT2D eigenvalue weighted by Crippen LogP contribution is -2.26. The molecule has 0 unspecified atom stereocenters. The van der Waals surface area contributed by atoms with Crippen LogP contribution >= 0.6 is 12.2 Å². The Morgan fingerprint density at radius 3 is 2.28 bits per heavy atom. The van der Waals surface area contributed by atoms with Gasteiger partial charge in [0.1, 0.15) is 4.99 Å². The second kappa shape index (κ2) is 5.14. The lowest BCUT2D eigenvalue weighted by molar-refractivity contribution is -0.137. The molecule has 1 rings (SSSR count). The van der Waals surface area contributed by atoms with Crippen molar-refractivity contribution in [3.8, 4) is 0 Å². The van der Waals surface area contributed by atoms with Crippen LogP contribution in [0.4, 0.5) is 18.9 Å². The van der Waals surface area contributed by atoms with E-state index in [1.807, 2.05) is 13.8 Å². The van der Waals surface area contributed by atoms with E-state index in [0.29, 0.717) is 5.69 Å². The number of nitrogens with zero attached hydrogens (tertiary/aromatic N) is 1. The van der Waals surface area contributed by atoms with Crippen molar-refractivity contribution in [1.29, 1.82) is 0 Å². The lowest BCUT2D eigenvalue weighted by atomic mass is 10.1. The molecule has 6 heteroatoms. The van der Waals surface area contributed by atoms with Crippen LogP contribution in [-0.4, -0.2) is 18.1 Å². The van der Waals surface area contributed by atoms with Gasteiger partial charge in [-0.1, -0.05) is 12.2 Å². The van der Waals surface area contributed by atoms with Gasteiger partial charge >= 0.3 is 6.18 Å². The molecule has 0 fully saturated rings. The number of alkyl halides is 3. The molecule has 1 aromatic carbocycles. The van der Waals surface area contributed by atoms with Gasteiger partial charge in [0, 0.05) is 24.3 Å². The Bertz CT molecular complexity index is 455. The van der Waals surface area contributed by atoms with E-state index in [9.17, 15) is 13.2 Å². The van der Waals surface area contributed by atoms with Crippen molar-refractivity contribution in [3.63, 3.8) is 0 Å². The van der Waals surface area contributed by atoms with Gasteiger partial charge in [0.15, 0.2) is 0 Å². The molecule has 0 aliphatic heterocycles. The zero-order chi connectivity index (χ0) is 14.1. The van der Waals surface area contributed by atoms with Crippen LogP contribution in [0.25, 0.3) is 0 Å². The molecule has 0 saturated heterocycles. The second-order valence-corrected chi connectivity index (χ2v) is 4.74. The number of anilines is 1. The van der Waals surface area contributed by atoms with Crippen molar-refractivity contribution in [2.24, 2.45) is 5.73 Å². The summed E-state index contributed by atoms with van der Waals surface area (Å²) in [7, 11) is 1.74. The quantitative estimate of drug-likeness (QED) is 0.860. The third-order valence-corrected chi connectivity index (χ3v) is 2.98. The van der Waals surface area contributed by atoms with Gasteiger partial charge < -0.3 is 10.6 Å². The Labute approximate surface area is 110 Å². The van der Waals surface area contributed by atoms with Gasteiger partial charge in [0.2, 0.25) is 0 Å². The van der Waals surface area contributed by atoms with Crippen LogP contribution in [0, 0.1) is 0 Å². The van der Waals surface area contributed by atoms with Crippen molar-refractivity contribution in [2.45, 2.75) is 26.1 Å². The van der Waals surface area contributed by atoms with Crippen LogP contribution in [0.2, 0.25) is 0 Å². The highest BCUT2D eigenvalue weighted by Gasteiger charge is 2.34. The SMILES string of the molecule is CC(C)N(C)c1ccc(C(N)=S)c(C(F)(F)F)c1. The number of benzene rings is 1. The summed E-state index contributed by atoms with van der Waals surface area (Å²) in [4.78, 5) is 1.50. The molecule has 0 aliphatic carbocycles. The third-order valence-electron chi connectivity index (χ3n) is 2.76. The molecule has 0 aromatic heterocycles. The van der Waals surface area contributed by atoms with Gasteiger partial charge in [-0.15, -0.1) is 0 Å². The molecule has 0 heterocycles. The molecule has 2 N–H and O–H groups in total. The van der Waals surface area contributed by atoms with Crippen LogP contribution in [0.3, 0.4) is 0 Å². The predicted molar refractivity (Wildman–Crippen MR) is 70.9 cm³/mol. The summed E-state index contributed by atoms with van der Waals surface area (Å²) in [5.74, 6) is 0. The molecule has 0 spiro atoms. The minimum absolute atomic E-state index is 0.0989. The summed E-state index contributed by atoms with van der Waals surface area (Å²) in [6.07, 6.45) is -4.47. The van der Waals surface area contributed by atoms with Gasteiger partial charge in [-0.3, -0.25) is 0 Å². The molecular weight excluding hydrogens is 261 g/mol. The number of halogens is 3.